The fraction of sp³-hybridized carbons (Fsp3) is 0.364. The fourth-order valence-electron chi connectivity index (χ4n) is 4.26. The molecular formula is C22H22FN5O. The third kappa shape index (κ3) is 3.20. The van der Waals surface area contributed by atoms with E-state index in [4.69, 9.17) is 0 Å². The van der Waals surface area contributed by atoms with E-state index in [1.54, 1.807) is 30.6 Å². The molecule has 1 aliphatic heterocycles. The summed E-state index contributed by atoms with van der Waals surface area (Å²) in [6, 6.07) is 10.5. The second kappa shape index (κ2) is 7.06. The van der Waals surface area contributed by atoms with Crippen LogP contribution < -0.4 is 5.32 Å². The lowest BCUT2D eigenvalue weighted by Gasteiger charge is -2.22. The molecule has 0 spiro atoms. The van der Waals surface area contributed by atoms with E-state index in [0.717, 1.165) is 43.0 Å². The van der Waals surface area contributed by atoms with Crippen molar-refractivity contribution in [2.45, 2.75) is 50.1 Å². The summed E-state index contributed by atoms with van der Waals surface area (Å²) in [5, 5.41) is 11.9. The number of carbonyl (C=O) groups excluding carboxylic acids is 1. The normalized spacial score (nSPS) is 19.8. The first kappa shape index (κ1) is 18.0. The molecule has 0 bridgehead atoms. The van der Waals surface area contributed by atoms with Crippen LogP contribution in [0, 0.1) is 5.82 Å². The van der Waals surface area contributed by atoms with Crippen molar-refractivity contribution in [1.82, 2.24) is 25.1 Å². The standard InChI is InChI=1S/C22H22FN5O/c23-18-4-2-1-3-17(18)22(10-11-22)21(29)25-16-5-6-19-26-27-20(28(19)14-9-16)15-7-12-24-13-8-15/h1-4,7-8,12-13,16H,5-6,9-11,14H2,(H,25,29). The number of nitrogens with zero attached hydrogens (tertiary/aromatic N) is 4. The van der Waals surface area contributed by atoms with Crippen LogP contribution in [0.4, 0.5) is 4.39 Å². The quantitative estimate of drug-likeness (QED) is 0.742. The van der Waals surface area contributed by atoms with E-state index in [9.17, 15) is 9.18 Å². The van der Waals surface area contributed by atoms with E-state index in [0.29, 0.717) is 18.4 Å². The Kier molecular flexibility index (Phi) is 4.38. The molecule has 5 rings (SSSR count). The van der Waals surface area contributed by atoms with E-state index in [1.165, 1.54) is 6.07 Å². The number of carbonyl (C=O) groups is 1. The highest BCUT2D eigenvalue weighted by Gasteiger charge is 2.53. The van der Waals surface area contributed by atoms with Gasteiger partial charge in [0.1, 0.15) is 11.6 Å². The molecule has 148 valence electrons. The van der Waals surface area contributed by atoms with Crippen LogP contribution in [0.25, 0.3) is 11.4 Å². The summed E-state index contributed by atoms with van der Waals surface area (Å²) in [7, 11) is 0. The van der Waals surface area contributed by atoms with Crippen molar-refractivity contribution in [3.05, 3.63) is 66.0 Å². The first-order valence-electron chi connectivity index (χ1n) is 10.1. The number of benzene rings is 1. The summed E-state index contributed by atoms with van der Waals surface area (Å²) in [4.78, 5) is 17.1. The van der Waals surface area contributed by atoms with Gasteiger partial charge in [0.15, 0.2) is 5.82 Å². The van der Waals surface area contributed by atoms with Gasteiger partial charge in [-0.1, -0.05) is 18.2 Å². The maximum Gasteiger partial charge on any atom is 0.230 e. The van der Waals surface area contributed by atoms with Gasteiger partial charge in [0.25, 0.3) is 0 Å². The summed E-state index contributed by atoms with van der Waals surface area (Å²) >= 11 is 0. The lowest BCUT2D eigenvalue weighted by Crippen LogP contribution is -2.42. The molecule has 1 aliphatic carbocycles. The van der Waals surface area contributed by atoms with E-state index in [-0.39, 0.29) is 17.8 Å². The zero-order chi connectivity index (χ0) is 19.8. The van der Waals surface area contributed by atoms with E-state index in [1.807, 2.05) is 12.1 Å². The number of amides is 1. The van der Waals surface area contributed by atoms with Gasteiger partial charge in [-0.05, 0) is 43.9 Å². The van der Waals surface area contributed by atoms with Gasteiger partial charge in [0.2, 0.25) is 5.91 Å². The van der Waals surface area contributed by atoms with Crippen molar-refractivity contribution in [2.75, 3.05) is 0 Å². The monoisotopic (exact) mass is 391 g/mol. The van der Waals surface area contributed by atoms with Crippen LogP contribution in [0.5, 0.6) is 0 Å². The lowest BCUT2D eigenvalue weighted by molar-refractivity contribution is -0.124. The topological polar surface area (TPSA) is 72.7 Å². The van der Waals surface area contributed by atoms with E-state index in [2.05, 4.69) is 25.1 Å². The summed E-state index contributed by atoms with van der Waals surface area (Å²) < 4.78 is 16.4. The number of aromatic nitrogens is 4. The van der Waals surface area contributed by atoms with Crippen LogP contribution in [0.2, 0.25) is 0 Å². The van der Waals surface area contributed by atoms with Crippen LogP contribution in [0.15, 0.2) is 48.8 Å². The molecule has 2 aliphatic rings. The Hall–Kier alpha value is -3.09. The van der Waals surface area contributed by atoms with Gasteiger partial charge < -0.3 is 9.88 Å². The van der Waals surface area contributed by atoms with Gasteiger partial charge in [-0.2, -0.15) is 0 Å². The van der Waals surface area contributed by atoms with Crippen LogP contribution in [0.1, 0.15) is 37.1 Å². The first-order valence-corrected chi connectivity index (χ1v) is 10.1. The van der Waals surface area contributed by atoms with Crippen molar-refractivity contribution >= 4 is 5.91 Å². The zero-order valence-corrected chi connectivity index (χ0v) is 16.0. The van der Waals surface area contributed by atoms with Gasteiger partial charge in [0, 0.05) is 42.5 Å². The van der Waals surface area contributed by atoms with Crippen LogP contribution >= 0.6 is 0 Å². The van der Waals surface area contributed by atoms with Gasteiger partial charge in [-0.3, -0.25) is 9.78 Å². The molecule has 3 heterocycles. The number of halogens is 1. The highest BCUT2D eigenvalue weighted by molar-refractivity contribution is 5.91. The van der Waals surface area contributed by atoms with Gasteiger partial charge >= 0.3 is 0 Å². The largest absolute Gasteiger partial charge is 0.353 e. The third-order valence-electron chi connectivity index (χ3n) is 6.09. The van der Waals surface area contributed by atoms with Crippen LogP contribution in [-0.4, -0.2) is 31.7 Å². The molecule has 2 aromatic heterocycles. The molecule has 1 saturated carbocycles. The summed E-state index contributed by atoms with van der Waals surface area (Å²) in [6.45, 7) is 0.734. The predicted molar refractivity (Wildman–Crippen MR) is 105 cm³/mol. The third-order valence-corrected chi connectivity index (χ3v) is 6.09. The van der Waals surface area contributed by atoms with Crippen molar-refractivity contribution < 1.29 is 9.18 Å². The van der Waals surface area contributed by atoms with Gasteiger partial charge in [-0.15, -0.1) is 10.2 Å². The number of pyridine rings is 1. The lowest BCUT2D eigenvalue weighted by atomic mass is 9.93. The Labute approximate surface area is 168 Å². The molecule has 29 heavy (non-hydrogen) atoms. The average Bonchev–Trinajstić information content (AvgIpc) is 3.49. The van der Waals surface area contributed by atoms with Gasteiger partial charge in [-0.25, -0.2) is 4.39 Å². The Bertz CT molecular complexity index is 1040. The second-order valence-corrected chi connectivity index (χ2v) is 7.89. The molecule has 1 fully saturated rings. The highest BCUT2D eigenvalue weighted by atomic mass is 19.1. The Morgan fingerprint density at radius 1 is 1.10 bits per heavy atom. The summed E-state index contributed by atoms with van der Waals surface area (Å²) in [5.41, 5.74) is 0.801. The minimum Gasteiger partial charge on any atom is -0.353 e. The minimum atomic E-state index is -0.699. The first-order chi connectivity index (χ1) is 14.2. The SMILES string of the molecule is O=C(NC1CCc2nnc(-c3ccncc3)n2CC1)C1(c2ccccc2F)CC1. The van der Waals surface area contributed by atoms with Crippen molar-refractivity contribution in [2.24, 2.45) is 0 Å². The minimum absolute atomic E-state index is 0.0405. The summed E-state index contributed by atoms with van der Waals surface area (Å²) in [6.07, 6.45) is 7.23. The molecule has 6 nitrogen and oxygen atoms in total. The fourth-order valence-corrected chi connectivity index (χ4v) is 4.26. The molecule has 1 amide bonds. The maximum absolute atomic E-state index is 14.3. The Balaban J connectivity index is 1.30. The molecular weight excluding hydrogens is 369 g/mol. The van der Waals surface area contributed by atoms with Crippen molar-refractivity contribution in [3.63, 3.8) is 0 Å². The maximum atomic E-state index is 14.3. The van der Waals surface area contributed by atoms with Crippen molar-refractivity contribution in [1.29, 1.82) is 0 Å². The molecule has 1 unspecified atom stereocenters. The van der Waals surface area contributed by atoms with Gasteiger partial charge in [0.05, 0.1) is 5.41 Å². The van der Waals surface area contributed by atoms with Crippen molar-refractivity contribution in [3.8, 4) is 11.4 Å². The Morgan fingerprint density at radius 3 is 2.66 bits per heavy atom. The molecule has 1 atom stereocenters. The van der Waals surface area contributed by atoms with E-state index >= 15 is 0 Å². The number of aryl methyl sites for hydroxylation is 1. The highest BCUT2D eigenvalue weighted by Crippen LogP contribution is 2.49. The Morgan fingerprint density at radius 2 is 1.90 bits per heavy atom. The molecule has 1 N–H and O–H groups in total. The molecule has 0 radical (unpaired) electrons. The molecule has 7 heteroatoms. The molecule has 3 aromatic rings. The number of nitrogens with one attached hydrogen (secondary N) is 1. The smallest absolute Gasteiger partial charge is 0.230 e. The van der Waals surface area contributed by atoms with E-state index < -0.39 is 5.41 Å². The summed E-state index contributed by atoms with van der Waals surface area (Å²) in [5.74, 6) is 1.41. The second-order valence-electron chi connectivity index (χ2n) is 7.89. The molecule has 0 saturated heterocycles. The molecule has 1 aromatic carbocycles. The number of fused-ring (bicyclic) bond motifs is 1. The number of rotatable bonds is 4. The zero-order valence-electron chi connectivity index (χ0n) is 16.0. The predicted octanol–water partition coefficient (Wildman–Crippen LogP) is 3.03. The number of hydrogen-bond acceptors (Lipinski definition) is 4. The van der Waals surface area contributed by atoms with Crippen LogP contribution in [0.3, 0.4) is 0 Å². The average molecular weight is 391 g/mol. The number of hydrogen-bond donors (Lipinski definition) is 1. The van der Waals surface area contributed by atoms with Crippen LogP contribution in [-0.2, 0) is 23.2 Å².